The molecule has 0 atom stereocenters. The van der Waals surface area contributed by atoms with Crippen LogP contribution in [0.25, 0.3) is 0 Å². The van der Waals surface area contributed by atoms with E-state index in [0.29, 0.717) is 13.0 Å². The second-order valence-corrected chi connectivity index (χ2v) is 7.26. The normalized spacial score (nSPS) is 16.3. The summed E-state index contributed by atoms with van der Waals surface area (Å²) < 4.78 is 0. The molecule has 1 saturated carbocycles. The average molecular weight is 300 g/mol. The van der Waals surface area contributed by atoms with Gasteiger partial charge in [0, 0.05) is 35.3 Å². The van der Waals surface area contributed by atoms with Crippen molar-refractivity contribution in [2.45, 2.75) is 31.9 Å². The standard InChI is InChI=1S/C13H20N2O2S2/c1-10-15-11(7-19-10)6-18-5-2-12(17)14-8-13(9-16)3-4-13/h7,16H,2-6,8-9H2,1H3,(H,14,17). The van der Waals surface area contributed by atoms with E-state index in [9.17, 15) is 4.79 Å². The molecule has 1 heterocycles. The maximum atomic E-state index is 11.6. The number of nitrogens with zero attached hydrogens (tertiary/aromatic N) is 1. The van der Waals surface area contributed by atoms with Crippen molar-refractivity contribution < 1.29 is 9.90 Å². The first kappa shape index (κ1) is 14.8. The van der Waals surface area contributed by atoms with E-state index in [2.05, 4.69) is 15.7 Å². The zero-order valence-electron chi connectivity index (χ0n) is 11.1. The second kappa shape index (κ2) is 6.72. The molecule has 106 valence electrons. The molecule has 0 radical (unpaired) electrons. The Labute approximate surface area is 122 Å². The predicted octanol–water partition coefficient (Wildman–Crippen LogP) is 1.96. The highest BCUT2D eigenvalue weighted by Crippen LogP contribution is 2.44. The monoisotopic (exact) mass is 300 g/mol. The number of hydrogen-bond acceptors (Lipinski definition) is 5. The quantitative estimate of drug-likeness (QED) is 0.721. The van der Waals surface area contributed by atoms with Gasteiger partial charge in [-0.1, -0.05) is 0 Å². The molecule has 1 fully saturated rings. The van der Waals surface area contributed by atoms with E-state index in [0.717, 1.165) is 35.0 Å². The van der Waals surface area contributed by atoms with E-state index >= 15 is 0 Å². The number of carbonyl (C=O) groups excluding carboxylic acids is 1. The highest BCUT2D eigenvalue weighted by Gasteiger charge is 2.41. The minimum absolute atomic E-state index is 0.000919. The molecule has 1 aromatic rings. The van der Waals surface area contributed by atoms with E-state index < -0.39 is 0 Å². The number of carbonyl (C=O) groups is 1. The van der Waals surface area contributed by atoms with Crippen LogP contribution in [-0.2, 0) is 10.5 Å². The topological polar surface area (TPSA) is 62.2 Å². The van der Waals surface area contributed by atoms with Crippen LogP contribution in [0, 0.1) is 12.3 Å². The highest BCUT2D eigenvalue weighted by atomic mass is 32.2. The third-order valence-electron chi connectivity index (χ3n) is 3.34. The lowest BCUT2D eigenvalue weighted by molar-refractivity contribution is -0.121. The largest absolute Gasteiger partial charge is 0.396 e. The molecule has 6 heteroatoms. The van der Waals surface area contributed by atoms with Gasteiger partial charge in [-0.25, -0.2) is 4.98 Å². The van der Waals surface area contributed by atoms with Gasteiger partial charge in [0.25, 0.3) is 0 Å². The van der Waals surface area contributed by atoms with Crippen LogP contribution in [0.1, 0.15) is 30.0 Å². The van der Waals surface area contributed by atoms with E-state index in [4.69, 9.17) is 5.11 Å². The average Bonchev–Trinajstić information content (AvgIpc) is 3.08. The van der Waals surface area contributed by atoms with Crippen molar-refractivity contribution in [3.05, 3.63) is 16.1 Å². The number of rotatable bonds is 8. The van der Waals surface area contributed by atoms with Crippen LogP contribution in [0.5, 0.6) is 0 Å². The molecule has 0 aliphatic heterocycles. The van der Waals surface area contributed by atoms with Gasteiger partial charge >= 0.3 is 0 Å². The molecule has 1 aliphatic rings. The number of thiazole rings is 1. The lowest BCUT2D eigenvalue weighted by atomic mass is 10.1. The summed E-state index contributed by atoms with van der Waals surface area (Å²) in [6, 6.07) is 0. The number of aromatic nitrogens is 1. The van der Waals surface area contributed by atoms with Crippen LogP contribution < -0.4 is 5.32 Å². The fraction of sp³-hybridized carbons (Fsp3) is 0.692. The van der Waals surface area contributed by atoms with Gasteiger partial charge in [0.2, 0.25) is 5.91 Å². The molecule has 1 aliphatic carbocycles. The summed E-state index contributed by atoms with van der Waals surface area (Å²) in [5.74, 6) is 1.77. The smallest absolute Gasteiger partial charge is 0.220 e. The fourth-order valence-corrected chi connectivity index (χ4v) is 3.31. The van der Waals surface area contributed by atoms with Crippen LogP contribution >= 0.6 is 23.1 Å². The van der Waals surface area contributed by atoms with Gasteiger partial charge in [-0.2, -0.15) is 11.8 Å². The van der Waals surface area contributed by atoms with Gasteiger partial charge in [0.1, 0.15) is 0 Å². The van der Waals surface area contributed by atoms with Gasteiger partial charge in [-0.05, 0) is 19.8 Å². The van der Waals surface area contributed by atoms with Crippen molar-refractivity contribution in [2.75, 3.05) is 18.9 Å². The number of hydrogen-bond donors (Lipinski definition) is 2. The molecule has 0 saturated heterocycles. The Kier molecular flexibility index (Phi) is 5.24. The summed E-state index contributed by atoms with van der Waals surface area (Å²) in [5.41, 5.74) is 1.10. The number of amides is 1. The van der Waals surface area contributed by atoms with Gasteiger partial charge < -0.3 is 10.4 Å². The number of aryl methyl sites for hydroxylation is 1. The number of aliphatic hydroxyl groups is 1. The predicted molar refractivity (Wildman–Crippen MR) is 79.4 cm³/mol. The zero-order valence-corrected chi connectivity index (χ0v) is 12.8. The van der Waals surface area contributed by atoms with E-state index in [-0.39, 0.29) is 17.9 Å². The van der Waals surface area contributed by atoms with Crippen molar-refractivity contribution in [2.24, 2.45) is 5.41 Å². The molecule has 0 unspecified atom stereocenters. The Morgan fingerprint density at radius 2 is 2.42 bits per heavy atom. The Balaban J connectivity index is 1.54. The molecular weight excluding hydrogens is 280 g/mol. The van der Waals surface area contributed by atoms with Crippen LogP contribution in [0.2, 0.25) is 0 Å². The lowest BCUT2D eigenvalue weighted by Crippen LogP contribution is -2.31. The molecule has 2 rings (SSSR count). The summed E-state index contributed by atoms with van der Waals surface area (Å²) in [4.78, 5) is 16.0. The molecule has 19 heavy (non-hydrogen) atoms. The third-order valence-corrected chi connectivity index (χ3v) is 5.16. The Hall–Kier alpha value is -0.590. The minimum atomic E-state index is 0.000919. The minimum Gasteiger partial charge on any atom is -0.396 e. The van der Waals surface area contributed by atoms with Crippen LogP contribution in [-0.4, -0.2) is 34.9 Å². The van der Waals surface area contributed by atoms with Crippen LogP contribution in [0.4, 0.5) is 0 Å². The molecule has 0 spiro atoms. The third kappa shape index (κ3) is 4.78. The molecular formula is C13H20N2O2S2. The molecule has 0 aromatic carbocycles. The maximum absolute atomic E-state index is 11.6. The molecule has 4 nitrogen and oxygen atoms in total. The summed E-state index contributed by atoms with van der Waals surface area (Å²) in [6.07, 6.45) is 2.60. The fourth-order valence-electron chi connectivity index (χ4n) is 1.76. The van der Waals surface area contributed by atoms with Crippen molar-refractivity contribution in [3.63, 3.8) is 0 Å². The molecule has 1 aromatic heterocycles. The summed E-state index contributed by atoms with van der Waals surface area (Å²) in [6.45, 7) is 2.81. The van der Waals surface area contributed by atoms with Gasteiger partial charge in [-0.3, -0.25) is 4.79 Å². The van der Waals surface area contributed by atoms with Gasteiger partial charge in [-0.15, -0.1) is 11.3 Å². The molecule has 0 bridgehead atoms. The molecule has 1 amide bonds. The summed E-state index contributed by atoms with van der Waals surface area (Å²) in [5, 5.41) is 15.2. The van der Waals surface area contributed by atoms with E-state index in [1.54, 1.807) is 23.1 Å². The number of thioether (sulfide) groups is 1. The van der Waals surface area contributed by atoms with Crippen molar-refractivity contribution in [1.29, 1.82) is 0 Å². The first-order valence-corrected chi connectivity index (χ1v) is 8.53. The number of aliphatic hydroxyl groups excluding tert-OH is 1. The summed E-state index contributed by atoms with van der Waals surface area (Å²) >= 11 is 3.40. The van der Waals surface area contributed by atoms with Crippen molar-refractivity contribution in [3.8, 4) is 0 Å². The van der Waals surface area contributed by atoms with Crippen molar-refractivity contribution in [1.82, 2.24) is 10.3 Å². The zero-order chi connectivity index (χ0) is 13.7. The number of nitrogens with one attached hydrogen (secondary N) is 1. The Morgan fingerprint density at radius 3 is 3.00 bits per heavy atom. The van der Waals surface area contributed by atoms with E-state index in [1.165, 1.54) is 0 Å². The first-order chi connectivity index (χ1) is 9.13. The van der Waals surface area contributed by atoms with Crippen LogP contribution in [0.15, 0.2) is 5.38 Å². The maximum Gasteiger partial charge on any atom is 0.220 e. The van der Waals surface area contributed by atoms with Gasteiger partial charge in [0.15, 0.2) is 0 Å². The molecule has 2 N–H and O–H groups in total. The Bertz CT molecular complexity index is 430. The Morgan fingerprint density at radius 1 is 1.63 bits per heavy atom. The second-order valence-electron chi connectivity index (χ2n) is 5.10. The highest BCUT2D eigenvalue weighted by molar-refractivity contribution is 7.98. The first-order valence-electron chi connectivity index (χ1n) is 6.50. The lowest BCUT2D eigenvalue weighted by Gasteiger charge is -2.12. The van der Waals surface area contributed by atoms with Crippen LogP contribution in [0.3, 0.4) is 0 Å². The van der Waals surface area contributed by atoms with E-state index in [1.807, 2.05) is 6.92 Å². The summed E-state index contributed by atoms with van der Waals surface area (Å²) in [7, 11) is 0. The van der Waals surface area contributed by atoms with Crippen molar-refractivity contribution >= 4 is 29.0 Å². The SMILES string of the molecule is Cc1nc(CSCCC(=O)NCC2(CO)CC2)cs1. The van der Waals surface area contributed by atoms with Gasteiger partial charge in [0.05, 0.1) is 17.3 Å².